The fraction of sp³-hybridized carbons (Fsp3) is 0.250. The normalized spacial score (nSPS) is 13.7. The molecule has 4 rings (SSSR count). The number of ether oxygens (including phenoxy) is 2. The Morgan fingerprint density at radius 2 is 1.67 bits per heavy atom. The van der Waals surface area contributed by atoms with Crippen LogP contribution in [0.15, 0.2) is 60.7 Å². The minimum atomic E-state index is -4.85. The highest BCUT2D eigenvalue weighted by Gasteiger charge is 2.39. The number of amides is 2. The maximum absolute atomic E-state index is 15.1. The van der Waals surface area contributed by atoms with Gasteiger partial charge in [0.1, 0.15) is 17.6 Å². The summed E-state index contributed by atoms with van der Waals surface area (Å²) in [5, 5.41) is 2.49. The van der Waals surface area contributed by atoms with Gasteiger partial charge in [-0.1, -0.05) is 26.0 Å². The topological polar surface area (TPSA) is 84.9 Å². The molecule has 3 aromatic carbocycles. The number of esters is 1. The van der Waals surface area contributed by atoms with Gasteiger partial charge in [-0.2, -0.15) is 0 Å². The van der Waals surface area contributed by atoms with E-state index in [4.69, 9.17) is 4.74 Å². The van der Waals surface area contributed by atoms with E-state index in [-0.39, 0.29) is 35.2 Å². The van der Waals surface area contributed by atoms with Crippen LogP contribution in [0.5, 0.6) is 5.75 Å². The number of nitrogens with one attached hydrogen (secondary N) is 1. The number of hydrogen-bond donors (Lipinski definition) is 1. The molecule has 1 atom stereocenters. The zero-order valence-electron chi connectivity index (χ0n) is 21.1. The van der Waals surface area contributed by atoms with Crippen LogP contribution in [0.25, 0.3) is 11.1 Å². The molecule has 1 N–H and O–H groups in total. The Balaban J connectivity index is 1.50. The zero-order chi connectivity index (χ0) is 28.5. The second kappa shape index (κ2) is 10.8. The van der Waals surface area contributed by atoms with Gasteiger partial charge in [0.05, 0.1) is 7.11 Å². The Morgan fingerprint density at radius 1 is 0.974 bits per heavy atom. The van der Waals surface area contributed by atoms with Crippen molar-refractivity contribution in [1.29, 1.82) is 0 Å². The van der Waals surface area contributed by atoms with Gasteiger partial charge in [0.15, 0.2) is 0 Å². The average molecular weight is 545 g/mol. The van der Waals surface area contributed by atoms with Crippen LogP contribution in [-0.2, 0) is 16.1 Å². The van der Waals surface area contributed by atoms with E-state index in [0.29, 0.717) is 16.7 Å². The number of hydrogen-bond acceptors (Lipinski definition) is 5. The van der Waals surface area contributed by atoms with Crippen molar-refractivity contribution >= 4 is 23.5 Å². The van der Waals surface area contributed by atoms with Crippen molar-refractivity contribution in [3.63, 3.8) is 0 Å². The molecule has 0 saturated carbocycles. The van der Waals surface area contributed by atoms with Gasteiger partial charge < -0.3 is 19.7 Å². The molecule has 11 heteroatoms. The summed E-state index contributed by atoms with van der Waals surface area (Å²) in [5.74, 6) is -2.85. The summed E-state index contributed by atoms with van der Waals surface area (Å²) < 4.78 is 60.7. The Morgan fingerprint density at radius 3 is 2.26 bits per heavy atom. The molecule has 0 saturated heterocycles. The lowest BCUT2D eigenvalue weighted by molar-refractivity contribution is -0.274. The maximum atomic E-state index is 15.1. The van der Waals surface area contributed by atoms with Gasteiger partial charge in [-0.25, -0.2) is 9.18 Å². The number of carbonyl (C=O) groups excluding carboxylic acids is 3. The first-order valence-corrected chi connectivity index (χ1v) is 11.9. The molecule has 2 amide bonds. The lowest BCUT2D eigenvalue weighted by atomic mass is 9.99. The molecule has 0 aliphatic carbocycles. The van der Waals surface area contributed by atoms with Crippen LogP contribution in [0, 0.1) is 11.7 Å². The third-order valence-corrected chi connectivity index (χ3v) is 6.24. The minimum absolute atomic E-state index is 0.0438. The van der Waals surface area contributed by atoms with Gasteiger partial charge in [0, 0.05) is 28.9 Å². The molecule has 0 aromatic heterocycles. The van der Waals surface area contributed by atoms with Crippen molar-refractivity contribution in [2.45, 2.75) is 32.8 Å². The number of halogens is 4. The number of benzene rings is 3. The molecule has 1 aliphatic rings. The first-order valence-electron chi connectivity index (χ1n) is 11.9. The molecule has 7 nitrogen and oxygen atoms in total. The van der Waals surface area contributed by atoms with E-state index < -0.39 is 35.8 Å². The van der Waals surface area contributed by atoms with Gasteiger partial charge in [0.25, 0.3) is 11.8 Å². The largest absolute Gasteiger partial charge is 0.573 e. The number of rotatable bonds is 7. The maximum Gasteiger partial charge on any atom is 0.573 e. The molecule has 39 heavy (non-hydrogen) atoms. The van der Waals surface area contributed by atoms with Gasteiger partial charge >= 0.3 is 12.3 Å². The van der Waals surface area contributed by atoms with E-state index in [1.807, 2.05) is 13.8 Å². The van der Waals surface area contributed by atoms with E-state index >= 15 is 4.39 Å². The van der Waals surface area contributed by atoms with Crippen LogP contribution in [-0.4, -0.2) is 42.2 Å². The lowest BCUT2D eigenvalue weighted by Crippen LogP contribution is -2.45. The van der Waals surface area contributed by atoms with Gasteiger partial charge in [-0.05, 0) is 65.6 Å². The fourth-order valence-corrected chi connectivity index (χ4v) is 4.43. The van der Waals surface area contributed by atoms with Crippen LogP contribution < -0.4 is 10.1 Å². The number of carbonyl (C=O) groups is 3. The standard InChI is InChI=1S/C28H24F4N2O5/c1-15(2)24(27(37)38-3)34-14-18-5-4-17(12-22(18)26(34)36)21-11-8-19(13-23(21)29)33-25(35)16-6-9-20(10-7-16)39-28(30,31)32/h4-13,15,24H,14H2,1-3H3,(H,33,35). The molecule has 1 unspecified atom stereocenters. The molecule has 0 bridgehead atoms. The number of fused-ring (bicyclic) bond motifs is 1. The summed E-state index contributed by atoms with van der Waals surface area (Å²) >= 11 is 0. The summed E-state index contributed by atoms with van der Waals surface area (Å²) in [5.41, 5.74) is 1.84. The van der Waals surface area contributed by atoms with Crippen LogP contribution in [0.2, 0.25) is 0 Å². The van der Waals surface area contributed by atoms with E-state index in [2.05, 4.69) is 10.1 Å². The molecule has 0 fully saturated rings. The number of methoxy groups -OCH3 is 1. The van der Waals surface area contributed by atoms with E-state index in [9.17, 15) is 27.6 Å². The number of anilines is 1. The highest BCUT2D eigenvalue weighted by molar-refractivity contribution is 6.04. The Hall–Kier alpha value is -4.41. The van der Waals surface area contributed by atoms with Gasteiger partial charge in [-0.3, -0.25) is 9.59 Å². The Labute approximate surface area is 221 Å². The van der Waals surface area contributed by atoms with Crippen molar-refractivity contribution in [2.75, 3.05) is 12.4 Å². The summed E-state index contributed by atoms with van der Waals surface area (Å²) in [6.07, 6.45) is -4.85. The molecule has 1 aliphatic heterocycles. The quantitative estimate of drug-likeness (QED) is 0.300. The lowest BCUT2D eigenvalue weighted by Gasteiger charge is -2.28. The molecule has 0 radical (unpaired) electrons. The average Bonchev–Trinajstić information content (AvgIpc) is 3.18. The van der Waals surface area contributed by atoms with Crippen LogP contribution >= 0.6 is 0 Å². The molecular formula is C28H24F4N2O5. The van der Waals surface area contributed by atoms with E-state index in [0.717, 1.165) is 30.3 Å². The van der Waals surface area contributed by atoms with Crippen molar-refractivity contribution in [2.24, 2.45) is 5.92 Å². The van der Waals surface area contributed by atoms with Crippen molar-refractivity contribution in [3.05, 3.63) is 83.2 Å². The van der Waals surface area contributed by atoms with Gasteiger partial charge in [-0.15, -0.1) is 13.2 Å². The Kier molecular flexibility index (Phi) is 7.62. The smallest absolute Gasteiger partial charge is 0.467 e. The molecule has 1 heterocycles. The second-order valence-electron chi connectivity index (χ2n) is 9.24. The van der Waals surface area contributed by atoms with Crippen LogP contribution in [0.4, 0.5) is 23.2 Å². The third kappa shape index (κ3) is 6.02. The van der Waals surface area contributed by atoms with E-state index in [1.165, 1.54) is 24.1 Å². The van der Waals surface area contributed by atoms with Crippen molar-refractivity contribution in [1.82, 2.24) is 4.90 Å². The highest BCUT2D eigenvalue weighted by atomic mass is 19.4. The molecule has 204 valence electrons. The van der Waals surface area contributed by atoms with E-state index in [1.54, 1.807) is 18.2 Å². The molecule has 3 aromatic rings. The minimum Gasteiger partial charge on any atom is -0.467 e. The molecule has 0 spiro atoms. The second-order valence-corrected chi connectivity index (χ2v) is 9.24. The number of alkyl halides is 3. The van der Waals surface area contributed by atoms with Crippen LogP contribution in [0.1, 0.15) is 40.1 Å². The Bertz CT molecular complexity index is 1420. The number of nitrogens with zero attached hydrogens (tertiary/aromatic N) is 1. The summed E-state index contributed by atoms with van der Waals surface area (Å²) in [6, 6.07) is 12.5. The fourth-order valence-electron chi connectivity index (χ4n) is 4.43. The molecular weight excluding hydrogens is 520 g/mol. The zero-order valence-corrected chi connectivity index (χ0v) is 21.1. The monoisotopic (exact) mass is 544 g/mol. The SMILES string of the molecule is COC(=O)C(C(C)C)N1Cc2ccc(-c3ccc(NC(=O)c4ccc(OC(F)(F)F)cc4)cc3F)cc2C1=O. The first-order chi connectivity index (χ1) is 18.4. The van der Waals surface area contributed by atoms with Crippen molar-refractivity contribution in [3.8, 4) is 16.9 Å². The predicted molar refractivity (Wildman–Crippen MR) is 133 cm³/mol. The summed E-state index contributed by atoms with van der Waals surface area (Å²) in [6.45, 7) is 3.86. The van der Waals surface area contributed by atoms with Crippen molar-refractivity contribution < 1.29 is 41.4 Å². The first kappa shape index (κ1) is 27.6. The van der Waals surface area contributed by atoms with Gasteiger partial charge in [0.2, 0.25) is 0 Å². The highest BCUT2D eigenvalue weighted by Crippen LogP contribution is 2.33. The third-order valence-electron chi connectivity index (χ3n) is 6.24. The summed E-state index contributed by atoms with van der Waals surface area (Å²) in [7, 11) is 1.27. The predicted octanol–water partition coefficient (Wildman–Crippen LogP) is 5.80. The summed E-state index contributed by atoms with van der Waals surface area (Å²) in [4.78, 5) is 39.4. The van der Waals surface area contributed by atoms with Crippen LogP contribution in [0.3, 0.4) is 0 Å².